The minimum atomic E-state index is -2.14. The molecule has 6 aliphatic rings. The lowest BCUT2D eigenvalue weighted by Gasteiger charge is -2.50. The molecular weight excluding hydrogens is 998 g/mol. The van der Waals surface area contributed by atoms with E-state index in [2.05, 4.69) is 0 Å². The zero-order chi connectivity index (χ0) is 53.6. The Morgan fingerprint density at radius 2 is 0.630 bits per heavy atom. The molecule has 6 rings (SSSR count). The van der Waals surface area contributed by atoms with E-state index in [0.29, 0.717) is 13.0 Å². The van der Waals surface area contributed by atoms with Crippen LogP contribution in [0.3, 0.4) is 0 Å². The minimum Gasteiger partial charge on any atom is -0.394 e. The van der Waals surface area contributed by atoms with Crippen molar-refractivity contribution >= 4 is 0 Å². The first kappa shape index (κ1) is 61.0. The summed E-state index contributed by atoms with van der Waals surface area (Å²) in [6.07, 6.45) is -49.9. The van der Waals surface area contributed by atoms with E-state index >= 15 is 0 Å². The molecule has 73 heavy (non-hydrogen) atoms. The van der Waals surface area contributed by atoms with Crippen molar-refractivity contribution in [1.82, 2.24) is 0 Å². The molecule has 31 nitrogen and oxygen atoms in total. The van der Waals surface area contributed by atoms with Crippen LogP contribution in [0.25, 0.3) is 0 Å². The van der Waals surface area contributed by atoms with Gasteiger partial charge in [-0.15, -0.1) is 0 Å². The second kappa shape index (κ2) is 27.6. The van der Waals surface area contributed by atoms with E-state index in [4.69, 9.17) is 57.8 Å². The number of rotatable bonds is 22. The second-order valence-electron chi connectivity index (χ2n) is 18.9. The molecule has 6 saturated heterocycles. The van der Waals surface area contributed by atoms with Crippen LogP contribution in [0.1, 0.15) is 25.7 Å². The molecule has 21 N–H and O–H groups in total. The summed E-state index contributed by atoms with van der Waals surface area (Å²) < 4.78 is 62.1. The van der Waals surface area contributed by atoms with Crippen molar-refractivity contribution in [2.45, 2.75) is 204 Å². The standard InChI is InChI=1S/C42H75NO30/c43-4-2-1-3-5-63-38-31(60)26(55)35(18(10-47)67-38)71-39-29(58)21(50)13(15(7-44)65-39)6-14-22(51)25(54)34(17(9-46)64-14)70-41-32(61)28(57)37(20(12-49)68-41)73-42-33(62)27(56)36(19(11-48)69-42)72-40-30(59)24(53)23(52)16(8-45)66-40/h13-42,44-62H,1-12,43H2. The zero-order valence-corrected chi connectivity index (χ0v) is 39.4. The minimum absolute atomic E-state index is 0.137. The van der Waals surface area contributed by atoms with Gasteiger partial charge in [-0.25, -0.2) is 0 Å². The highest BCUT2D eigenvalue weighted by molar-refractivity contribution is 5.01. The molecule has 428 valence electrons. The summed E-state index contributed by atoms with van der Waals surface area (Å²) in [4.78, 5) is 0. The number of hydrogen-bond acceptors (Lipinski definition) is 31. The normalized spacial score (nSPS) is 50.0. The molecular formula is C42H75NO30. The molecule has 0 aromatic heterocycles. The summed E-state index contributed by atoms with van der Waals surface area (Å²) >= 11 is 0. The van der Waals surface area contributed by atoms with Crippen molar-refractivity contribution < 1.29 is 149 Å². The van der Waals surface area contributed by atoms with Crippen molar-refractivity contribution in [2.75, 3.05) is 52.8 Å². The highest BCUT2D eigenvalue weighted by Crippen LogP contribution is 2.39. The third kappa shape index (κ3) is 13.4. The molecule has 31 heteroatoms. The SMILES string of the molecule is NCCCCCOC1OC(CO)C(OC2OC(CO)C(CC3OC(CO)C(OC4OC(CO)C(OC5OC(CO)C(OC6OC(CO)C(O)C(O)C6O)C(O)C5O)C(O)C4O)C(O)C3O)C(O)C2O)C(O)C1O. The Morgan fingerprint density at radius 1 is 0.301 bits per heavy atom. The lowest BCUT2D eigenvalue weighted by Crippen LogP contribution is -2.67. The number of unbranched alkanes of at least 4 members (excludes halogenated alkanes) is 2. The summed E-state index contributed by atoms with van der Waals surface area (Å²) in [6.45, 7) is -4.69. The van der Waals surface area contributed by atoms with E-state index in [9.17, 15) is 97.0 Å². The molecule has 0 saturated carbocycles. The van der Waals surface area contributed by atoms with Crippen LogP contribution in [-0.4, -0.2) is 328 Å². The largest absolute Gasteiger partial charge is 0.394 e. The first-order valence-electron chi connectivity index (χ1n) is 24.2. The van der Waals surface area contributed by atoms with Crippen LogP contribution in [0.15, 0.2) is 0 Å². The third-order valence-electron chi connectivity index (χ3n) is 14.1. The van der Waals surface area contributed by atoms with Gasteiger partial charge in [0.05, 0.1) is 58.0 Å². The van der Waals surface area contributed by atoms with Gasteiger partial charge in [0.1, 0.15) is 128 Å². The van der Waals surface area contributed by atoms with E-state index in [1.54, 1.807) is 0 Å². The summed E-state index contributed by atoms with van der Waals surface area (Å²) in [5.74, 6) is -1.30. The van der Waals surface area contributed by atoms with Crippen LogP contribution in [-0.2, 0) is 52.1 Å². The van der Waals surface area contributed by atoms with E-state index in [1.807, 2.05) is 0 Å². The average molecular weight is 1070 g/mol. The van der Waals surface area contributed by atoms with Crippen molar-refractivity contribution in [1.29, 1.82) is 0 Å². The highest BCUT2D eigenvalue weighted by Gasteiger charge is 2.57. The average Bonchev–Trinajstić information content (AvgIpc) is 3.38. The van der Waals surface area contributed by atoms with Gasteiger partial charge in [-0.2, -0.15) is 0 Å². The maximum absolute atomic E-state index is 11.4. The molecule has 0 spiro atoms. The number of hydrogen-bond donors (Lipinski definition) is 20. The molecule has 0 amide bonds. The van der Waals surface area contributed by atoms with Crippen LogP contribution in [0, 0.1) is 5.92 Å². The Balaban J connectivity index is 1.05. The smallest absolute Gasteiger partial charge is 0.187 e. The monoisotopic (exact) mass is 1070 g/mol. The Morgan fingerprint density at radius 3 is 1.05 bits per heavy atom. The topological polar surface area (TPSA) is 512 Å². The molecule has 0 radical (unpaired) electrons. The van der Waals surface area contributed by atoms with Gasteiger partial charge < -0.3 is 155 Å². The van der Waals surface area contributed by atoms with Gasteiger partial charge in [-0.1, -0.05) is 0 Å². The summed E-state index contributed by atoms with van der Waals surface area (Å²) in [5.41, 5.74) is 5.50. The number of nitrogens with two attached hydrogens (primary N) is 1. The molecule has 6 aliphatic heterocycles. The lowest BCUT2D eigenvalue weighted by atomic mass is 9.81. The van der Waals surface area contributed by atoms with E-state index < -0.39 is 230 Å². The first-order chi connectivity index (χ1) is 34.8. The van der Waals surface area contributed by atoms with E-state index in [0.717, 1.165) is 12.8 Å². The van der Waals surface area contributed by atoms with Crippen LogP contribution >= 0.6 is 0 Å². The Bertz CT molecular complexity index is 1610. The zero-order valence-electron chi connectivity index (χ0n) is 39.4. The van der Waals surface area contributed by atoms with Gasteiger partial charge in [0, 0.05) is 12.5 Å². The summed E-state index contributed by atoms with van der Waals surface area (Å²) in [7, 11) is 0. The molecule has 6 fully saturated rings. The quantitative estimate of drug-likeness (QED) is 0.0448. The number of ether oxygens (including phenoxy) is 11. The van der Waals surface area contributed by atoms with Crippen molar-refractivity contribution in [2.24, 2.45) is 11.7 Å². The fraction of sp³-hybridized carbons (Fsp3) is 1.00. The molecule has 30 atom stereocenters. The van der Waals surface area contributed by atoms with Gasteiger partial charge in [-0.3, -0.25) is 0 Å². The molecule has 0 aliphatic carbocycles. The van der Waals surface area contributed by atoms with Crippen molar-refractivity contribution in [3.05, 3.63) is 0 Å². The number of aliphatic hydroxyl groups excluding tert-OH is 19. The van der Waals surface area contributed by atoms with Crippen LogP contribution in [0.4, 0.5) is 0 Å². The molecule has 0 aromatic carbocycles. The summed E-state index contributed by atoms with van der Waals surface area (Å²) in [5, 5.41) is 203. The van der Waals surface area contributed by atoms with Crippen LogP contribution < -0.4 is 5.73 Å². The Hall–Kier alpha value is -1.24. The molecule has 0 aromatic rings. The van der Waals surface area contributed by atoms with E-state index in [1.165, 1.54) is 0 Å². The van der Waals surface area contributed by atoms with Crippen LogP contribution in [0.5, 0.6) is 0 Å². The Kier molecular flexibility index (Phi) is 23.0. The van der Waals surface area contributed by atoms with Gasteiger partial charge >= 0.3 is 0 Å². The summed E-state index contributed by atoms with van der Waals surface area (Å²) in [6, 6.07) is 0. The maximum atomic E-state index is 11.4. The highest BCUT2D eigenvalue weighted by atomic mass is 16.8. The first-order valence-corrected chi connectivity index (χ1v) is 24.2. The fourth-order valence-corrected chi connectivity index (χ4v) is 9.81. The fourth-order valence-electron chi connectivity index (χ4n) is 9.81. The van der Waals surface area contributed by atoms with Gasteiger partial charge in [-0.05, 0) is 32.2 Å². The molecule has 6 heterocycles. The maximum Gasteiger partial charge on any atom is 0.187 e. The Labute approximate surface area is 416 Å². The van der Waals surface area contributed by atoms with Gasteiger partial charge in [0.2, 0.25) is 0 Å². The molecule has 0 bridgehead atoms. The van der Waals surface area contributed by atoms with Gasteiger partial charge in [0.25, 0.3) is 0 Å². The predicted octanol–water partition coefficient (Wildman–Crippen LogP) is -12.3. The third-order valence-corrected chi connectivity index (χ3v) is 14.1. The predicted molar refractivity (Wildman–Crippen MR) is 229 cm³/mol. The van der Waals surface area contributed by atoms with E-state index in [-0.39, 0.29) is 6.61 Å². The van der Waals surface area contributed by atoms with Crippen molar-refractivity contribution in [3.63, 3.8) is 0 Å². The van der Waals surface area contributed by atoms with Gasteiger partial charge in [0.15, 0.2) is 31.5 Å². The van der Waals surface area contributed by atoms with Crippen LogP contribution in [0.2, 0.25) is 0 Å². The molecule has 30 unspecified atom stereocenters. The van der Waals surface area contributed by atoms with Crippen molar-refractivity contribution in [3.8, 4) is 0 Å². The number of aliphatic hydroxyl groups is 19. The lowest BCUT2D eigenvalue weighted by molar-refractivity contribution is -0.385. The second-order valence-corrected chi connectivity index (χ2v) is 18.9.